The monoisotopic (exact) mass is 427 g/mol. The topological polar surface area (TPSA) is 85.7 Å². The van der Waals surface area contributed by atoms with Crippen LogP contribution >= 0.6 is 0 Å². The molecule has 0 fully saturated rings. The summed E-state index contributed by atoms with van der Waals surface area (Å²) < 4.78 is 19.0. The zero-order valence-corrected chi connectivity index (χ0v) is 17.2. The summed E-state index contributed by atoms with van der Waals surface area (Å²) in [5.74, 6) is 2.03. The van der Waals surface area contributed by atoms with Crippen LogP contribution in [0.25, 0.3) is 27.8 Å². The van der Waals surface area contributed by atoms with Gasteiger partial charge < -0.3 is 28.9 Å². The number of aromatic amines is 1. The van der Waals surface area contributed by atoms with Crippen molar-refractivity contribution >= 4 is 28.1 Å². The molecule has 32 heavy (non-hydrogen) atoms. The number of hydrogen-bond acceptors (Lipinski definition) is 6. The van der Waals surface area contributed by atoms with E-state index in [4.69, 9.17) is 19.2 Å². The van der Waals surface area contributed by atoms with Gasteiger partial charge in [-0.05, 0) is 29.7 Å². The van der Waals surface area contributed by atoms with Gasteiger partial charge in [0.25, 0.3) is 0 Å². The first-order valence-electron chi connectivity index (χ1n) is 10.5. The number of nitrogens with one attached hydrogen (secondary N) is 2. The van der Waals surface area contributed by atoms with E-state index in [2.05, 4.69) is 39.6 Å². The quantitative estimate of drug-likeness (QED) is 0.444. The predicted octanol–water partition coefficient (Wildman–Crippen LogP) is 4.41. The van der Waals surface area contributed by atoms with E-state index in [1.807, 2.05) is 41.2 Å². The number of fused-ring (bicyclic) bond motifs is 3. The van der Waals surface area contributed by atoms with Crippen molar-refractivity contribution in [3.05, 3.63) is 67.3 Å². The Morgan fingerprint density at radius 3 is 2.78 bits per heavy atom. The number of anilines is 2. The summed E-state index contributed by atoms with van der Waals surface area (Å²) >= 11 is 0. The summed E-state index contributed by atoms with van der Waals surface area (Å²) in [6.07, 6.45) is 7.60. The molecule has 8 nitrogen and oxygen atoms in total. The molecule has 0 spiro atoms. The number of imidazole rings is 1. The fraction of sp³-hybridized carbons (Fsp3) is 0.167. The van der Waals surface area contributed by atoms with E-state index in [-0.39, 0.29) is 0 Å². The molecule has 3 aromatic heterocycles. The SMILES string of the molecule is c1cn2cc(-c3ccc4cc[nH]c4c3)nc(Nc3ccc4c(c3)OCCOCCO4)c2n1. The van der Waals surface area contributed by atoms with Crippen molar-refractivity contribution in [3.63, 3.8) is 0 Å². The van der Waals surface area contributed by atoms with Crippen LogP contribution in [0.15, 0.2) is 67.3 Å². The van der Waals surface area contributed by atoms with Crippen molar-refractivity contribution in [2.45, 2.75) is 0 Å². The summed E-state index contributed by atoms with van der Waals surface area (Å²) in [5.41, 5.74) is 4.51. The molecule has 0 saturated heterocycles. The molecular formula is C24H21N5O3. The number of ether oxygens (including phenoxy) is 3. The highest BCUT2D eigenvalue weighted by Crippen LogP contribution is 2.33. The van der Waals surface area contributed by atoms with E-state index in [0.29, 0.717) is 43.7 Å². The van der Waals surface area contributed by atoms with E-state index in [1.54, 1.807) is 6.20 Å². The van der Waals surface area contributed by atoms with E-state index in [1.165, 1.54) is 5.39 Å². The van der Waals surface area contributed by atoms with Gasteiger partial charge in [0.2, 0.25) is 0 Å². The minimum atomic E-state index is 0.472. The lowest BCUT2D eigenvalue weighted by atomic mass is 10.1. The molecule has 0 amide bonds. The Labute approximate surface area is 183 Å². The van der Waals surface area contributed by atoms with Crippen LogP contribution in [-0.4, -0.2) is 45.8 Å². The Morgan fingerprint density at radius 2 is 1.84 bits per heavy atom. The summed E-state index contributed by atoms with van der Waals surface area (Å²) in [6, 6.07) is 14.1. The maximum Gasteiger partial charge on any atom is 0.180 e. The molecule has 2 aromatic carbocycles. The molecular weight excluding hydrogens is 406 g/mol. The normalized spacial score (nSPS) is 14.1. The van der Waals surface area contributed by atoms with Crippen molar-refractivity contribution < 1.29 is 14.2 Å². The van der Waals surface area contributed by atoms with Crippen LogP contribution in [0.1, 0.15) is 0 Å². The lowest BCUT2D eigenvalue weighted by Crippen LogP contribution is -2.08. The molecule has 5 aromatic rings. The lowest BCUT2D eigenvalue weighted by molar-refractivity contribution is 0.0877. The van der Waals surface area contributed by atoms with E-state index in [0.717, 1.165) is 28.1 Å². The van der Waals surface area contributed by atoms with Crippen LogP contribution in [0.4, 0.5) is 11.5 Å². The van der Waals surface area contributed by atoms with E-state index >= 15 is 0 Å². The van der Waals surface area contributed by atoms with Crippen molar-refractivity contribution in [3.8, 4) is 22.8 Å². The third kappa shape index (κ3) is 3.50. The Kier molecular flexibility index (Phi) is 4.62. The summed E-state index contributed by atoms with van der Waals surface area (Å²) in [7, 11) is 0. The number of rotatable bonds is 3. The molecule has 1 aliphatic heterocycles. The molecule has 160 valence electrons. The zero-order valence-electron chi connectivity index (χ0n) is 17.2. The van der Waals surface area contributed by atoms with Crippen LogP contribution in [0.2, 0.25) is 0 Å². The van der Waals surface area contributed by atoms with Crippen molar-refractivity contribution in [2.75, 3.05) is 31.7 Å². The maximum atomic E-state index is 5.85. The highest BCUT2D eigenvalue weighted by molar-refractivity contribution is 5.85. The molecule has 0 unspecified atom stereocenters. The van der Waals surface area contributed by atoms with Gasteiger partial charge in [-0.2, -0.15) is 0 Å². The standard InChI is InChI=1S/C24H21N5O3/c1-2-17(13-19-16(1)5-6-25-19)20-15-29-8-7-26-24(29)23(28-20)27-18-3-4-21-22(14-18)32-12-10-30-9-11-31-21/h1-8,13-15,25H,9-12H2,(H,27,28). The van der Waals surface area contributed by atoms with Gasteiger partial charge >= 0.3 is 0 Å². The molecule has 0 radical (unpaired) electrons. The Balaban J connectivity index is 1.38. The van der Waals surface area contributed by atoms with Gasteiger partial charge in [0.1, 0.15) is 13.2 Å². The molecule has 6 rings (SSSR count). The fourth-order valence-corrected chi connectivity index (χ4v) is 3.84. The molecule has 0 aliphatic carbocycles. The number of nitrogens with zero attached hydrogens (tertiary/aromatic N) is 3. The van der Waals surface area contributed by atoms with Gasteiger partial charge in [0.05, 0.1) is 18.9 Å². The Bertz CT molecular complexity index is 1410. The van der Waals surface area contributed by atoms with E-state index in [9.17, 15) is 0 Å². The first kappa shape index (κ1) is 18.7. The van der Waals surface area contributed by atoms with Crippen molar-refractivity contribution in [1.29, 1.82) is 0 Å². The smallest absolute Gasteiger partial charge is 0.180 e. The van der Waals surface area contributed by atoms with Crippen molar-refractivity contribution in [1.82, 2.24) is 19.4 Å². The largest absolute Gasteiger partial charge is 0.487 e. The highest BCUT2D eigenvalue weighted by Gasteiger charge is 2.13. The number of aromatic nitrogens is 4. The maximum absolute atomic E-state index is 5.85. The second-order valence-electron chi connectivity index (χ2n) is 7.51. The first-order chi connectivity index (χ1) is 15.8. The van der Waals surface area contributed by atoms with Crippen molar-refractivity contribution in [2.24, 2.45) is 0 Å². The molecule has 4 heterocycles. The summed E-state index contributed by atoms with van der Waals surface area (Å²) in [6.45, 7) is 2.04. The second kappa shape index (κ2) is 7.90. The molecule has 0 saturated carbocycles. The van der Waals surface area contributed by atoms with Gasteiger partial charge in [0, 0.05) is 47.6 Å². The van der Waals surface area contributed by atoms with Gasteiger partial charge in [-0.25, -0.2) is 9.97 Å². The minimum Gasteiger partial charge on any atom is -0.487 e. The summed E-state index contributed by atoms with van der Waals surface area (Å²) in [4.78, 5) is 12.6. The predicted molar refractivity (Wildman–Crippen MR) is 122 cm³/mol. The summed E-state index contributed by atoms with van der Waals surface area (Å²) in [5, 5.41) is 4.57. The van der Waals surface area contributed by atoms with Crippen LogP contribution < -0.4 is 14.8 Å². The fourth-order valence-electron chi connectivity index (χ4n) is 3.84. The molecule has 1 aliphatic rings. The van der Waals surface area contributed by atoms with Crippen LogP contribution in [0.5, 0.6) is 11.5 Å². The Hall–Kier alpha value is -4.04. The first-order valence-corrected chi connectivity index (χ1v) is 10.5. The molecule has 0 atom stereocenters. The minimum absolute atomic E-state index is 0.472. The highest BCUT2D eigenvalue weighted by atomic mass is 16.6. The average molecular weight is 427 g/mol. The van der Waals surface area contributed by atoms with Gasteiger partial charge in [-0.1, -0.05) is 12.1 Å². The van der Waals surface area contributed by atoms with Gasteiger partial charge in [-0.15, -0.1) is 0 Å². The van der Waals surface area contributed by atoms with Crippen LogP contribution in [0.3, 0.4) is 0 Å². The zero-order chi connectivity index (χ0) is 21.3. The molecule has 2 N–H and O–H groups in total. The molecule has 8 heteroatoms. The lowest BCUT2D eigenvalue weighted by Gasteiger charge is -2.14. The number of H-pyrrole nitrogens is 1. The van der Waals surface area contributed by atoms with E-state index < -0.39 is 0 Å². The Morgan fingerprint density at radius 1 is 0.938 bits per heavy atom. The number of hydrogen-bond donors (Lipinski definition) is 2. The number of benzene rings is 2. The average Bonchev–Trinajstić information content (AvgIpc) is 3.49. The second-order valence-corrected chi connectivity index (χ2v) is 7.51. The van der Waals surface area contributed by atoms with Gasteiger partial charge in [0.15, 0.2) is 23.0 Å². The third-order valence-corrected chi connectivity index (χ3v) is 5.40. The third-order valence-electron chi connectivity index (χ3n) is 5.40. The van der Waals surface area contributed by atoms with Gasteiger partial charge in [-0.3, -0.25) is 0 Å². The van der Waals surface area contributed by atoms with Crippen LogP contribution in [-0.2, 0) is 4.74 Å². The molecule has 0 bridgehead atoms. The van der Waals surface area contributed by atoms with Crippen LogP contribution in [0, 0.1) is 0 Å².